The summed E-state index contributed by atoms with van der Waals surface area (Å²) in [4.78, 5) is 10.9. The zero-order chi connectivity index (χ0) is 11.1. The normalized spacial score (nSPS) is 11.8. The Morgan fingerprint density at radius 3 is 2.21 bits per heavy atom. The zero-order valence-electron chi connectivity index (χ0n) is 8.63. The van der Waals surface area contributed by atoms with Crippen molar-refractivity contribution in [2.75, 3.05) is 0 Å². The number of hydrogen-bond acceptors (Lipinski definition) is 2. The molecule has 0 amide bonds. The van der Waals surface area contributed by atoms with Crippen molar-refractivity contribution in [3.63, 3.8) is 0 Å². The van der Waals surface area contributed by atoms with Gasteiger partial charge in [0.2, 0.25) is 0 Å². The highest BCUT2D eigenvalue weighted by molar-refractivity contribution is 14.1. The van der Waals surface area contributed by atoms with E-state index in [0.29, 0.717) is 0 Å². The topological polar surface area (TPSA) is 55.1 Å². The highest BCUT2D eigenvalue weighted by Crippen LogP contribution is 2.27. The fraction of sp³-hybridized carbons (Fsp3) is 0.556. The van der Waals surface area contributed by atoms with Crippen LogP contribution in [0.25, 0.3) is 0 Å². The monoisotopic (exact) mass is 308 g/mol. The van der Waals surface area contributed by atoms with Gasteiger partial charge in [0.25, 0.3) is 0 Å². The van der Waals surface area contributed by atoms with Gasteiger partial charge >= 0.3 is 5.97 Å². The SMILES string of the molecule is Cn1nc(C(C)(C)C)c(I)c1C(=O)O. The van der Waals surface area contributed by atoms with Crippen molar-refractivity contribution in [3.05, 3.63) is 15.0 Å². The highest BCUT2D eigenvalue weighted by atomic mass is 127. The average Bonchev–Trinajstić information content (AvgIpc) is 2.24. The Labute approximate surface area is 96.4 Å². The molecule has 0 aliphatic rings. The van der Waals surface area contributed by atoms with Crippen LogP contribution in [0, 0.1) is 3.57 Å². The molecule has 0 atom stereocenters. The van der Waals surface area contributed by atoms with Gasteiger partial charge in [-0.3, -0.25) is 4.68 Å². The molecule has 0 radical (unpaired) electrons. The number of rotatable bonds is 1. The van der Waals surface area contributed by atoms with E-state index in [0.717, 1.165) is 9.26 Å². The van der Waals surface area contributed by atoms with E-state index >= 15 is 0 Å². The minimum atomic E-state index is -0.931. The second kappa shape index (κ2) is 3.52. The van der Waals surface area contributed by atoms with Crippen LogP contribution in [-0.2, 0) is 12.5 Å². The Balaban J connectivity index is 3.39. The van der Waals surface area contributed by atoms with E-state index in [1.165, 1.54) is 4.68 Å². The fourth-order valence-electron chi connectivity index (χ4n) is 1.21. The Morgan fingerprint density at radius 1 is 1.50 bits per heavy atom. The van der Waals surface area contributed by atoms with Crippen LogP contribution in [0.3, 0.4) is 0 Å². The van der Waals surface area contributed by atoms with Crippen molar-refractivity contribution in [1.29, 1.82) is 0 Å². The number of aromatic nitrogens is 2. The molecular formula is C9H13IN2O2. The lowest BCUT2D eigenvalue weighted by atomic mass is 9.92. The molecule has 0 fully saturated rings. The summed E-state index contributed by atoms with van der Waals surface area (Å²) in [5.74, 6) is -0.931. The summed E-state index contributed by atoms with van der Waals surface area (Å²) in [6.07, 6.45) is 0. The summed E-state index contributed by atoms with van der Waals surface area (Å²) in [5, 5.41) is 13.2. The summed E-state index contributed by atoms with van der Waals surface area (Å²) < 4.78 is 2.15. The van der Waals surface area contributed by atoms with Crippen LogP contribution in [0.1, 0.15) is 37.0 Å². The number of halogens is 1. The van der Waals surface area contributed by atoms with Gasteiger partial charge in [0.15, 0.2) is 5.69 Å². The molecule has 0 spiro atoms. The van der Waals surface area contributed by atoms with E-state index in [9.17, 15) is 4.79 Å². The van der Waals surface area contributed by atoms with Crippen LogP contribution in [0.2, 0.25) is 0 Å². The Bertz CT molecular complexity index is 377. The third kappa shape index (κ3) is 1.92. The quantitative estimate of drug-likeness (QED) is 0.808. The maximum atomic E-state index is 10.9. The van der Waals surface area contributed by atoms with Crippen molar-refractivity contribution in [2.24, 2.45) is 7.05 Å². The van der Waals surface area contributed by atoms with Crippen molar-refractivity contribution < 1.29 is 9.90 Å². The average molecular weight is 308 g/mol. The molecule has 0 bridgehead atoms. The molecule has 0 saturated carbocycles. The van der Waals surface area contributed by atoms with Crippen LogP contribution < -0.4 is 0 Å². The van der Waals surface area contributed by atoms with Crippen LogP contribution in [0.4, 0.5) is 0 Å². The lowest BCUT2D eigenvalue weighted by Gasteiger charge is -2.15. The first-order chi connectivity index (χ1) is 6.25. The van der Waals surface area contributed by atoms with E-state index in [1.54, 1.807) is 7.05 Å². The predicted molar refractivity (Wildman–Crippen MR) is 61.6 cm³/mol. The molecule has 1 rings (SSSR count). The molecule has 1 aromatic rings. The number of aromatic carboxylic acids is 1. The van der Waals surface area contributed by atoms with Gasteiger partial charge in [-0.1, -0.05) is 20.8 Å². The first-order valence-electron chi connectivity index (χ1n) is 4.21. The fourth-order valence-corrected chi connectivity index (χ4v) is 2.71. The van der Waals surface area contributed by atoms with Crippen molar-refractivity contribution >= 4 is 28.6 Å². The molecule has 0 aromatic carbocycles. The van der Waals surface area contributed by atoms with E-state index in [-0.39, 0.29) is 11.1 Å². The van der Waals surface area contributed by atoms with Gasteiger partial charge in [-0.2, -0.15) is 5.10 Å². The maximum absolute atomic E-state index is 10.9. The van der Waals surface area contributed by atoms with E-state index in [1.807, 2.05) is 43.4 Å². The number of hydrogen-bond donors (Lipinski definition) is 1. The number of carbonyl (C=O) groups is 1. The number of carboxylic acid groups (broad SMARTS) is 1. The highest BCUT2D eigenvalue weighted by Gasteiger charge is 2.26. The standard InChI is InChI=1S/C9H13IN2O2/c1-9(2,3)7-5(10)6(8(13)14)12(4)11-7/h1-4H3,(H,13,14). The summed E-state index contributed by atoms with van der Waals surface area (Å²) in [6.45, 7) is 6.05. The summed E-state index contributed by atoms with van der Waals surface area (Å²) in [6, 6.07) is 0. The number of aryl methyl sites for hydroxylation is 1. The molecule has 0 unspecified atom stereocenters. The Kier molecular flexibility index (Phi) is 2.89. The lowest BCUT2D eigenvalue weighted by molar-refractivity contribution is 0.0684. The molecule has 1 aromatic heterocycles. The summed E-state index contributed by atoms with van der Waals surface area (Å²) in [7, 11) is 1.65. The Hall–Kier alpha value is -0.590. The molecule has 0 aliphatic carbocycles. The molecule has 14 heavy (non-hydrogen) atoms. The molecule has 0 saturated heterocycles. The molecular weight excluding hydrogens is 295 g/mol. The van der Waals surface area contributed by atoms with Crippen LogP contribution in [0.15, 0.2) is 0 Å². The van der Waals surface area contributed by atoms with Gasteiger partial charge in [-0.05, 0) is 22.6 Å². The van der Waals surface area contributed by atoms with Crippen LogP contribution in [-0.4, -0.2) is 20.9 Å². The smallest absolute Gasteiger partial charge is 0.355 e. The third-order valence-corrected chi connectivity index (χ3v) is 2.92. The first-order valence-corrected chi connectivity index (χ1v) is 5.29. The second-order valence-corrected chi connectivity index (χ2v) is 5.27. The van der Waals surface area contributed by atoms with Gasteiger partial charge in [0.05, 0.1) is 9.26 Å². The van der Waals surface area contributed by atoms with Crippen molar-refractivity contribution in [2.45, 2.75) is 26.2 Å². The zero-order valence-corrected chi connectivity index (χ0v) is 10.8. The van der Waals surface area contributed by atoms with Crippen molar-refractivity contribution in [1.82, 2.24) is 9.78 Å². The predicted octanol–water partition coefficient (Wildman–Crippen LogP) is 2.02. The van der Waals surface area contributed by atoms with Crippen LogP contribution in [0.5, 0.6) is 0 Å². The largest absolute Gasteiger partial charge is 0.476 e. The lowest BCUT2D eigenvalue weighted by Crippen LogP contribution is -2.13. The van der Waals surface area contributed by atoms with Gasteiger partial charge in [0.1, 0.15) is 0 Å². The summed E-state index contributed by atoms with van der Waals surface area (Å²) in [5.41, 5.74) is 0.968. The molecule has 0 aliphatic heterocycles. The van der Waals surface area contributed by atoms with E-state index in [2.05, 4.69) is 5.10 Å². The minimum Gasteiger partial charge on any atom is -0.476 e. The van der Waals surface area contributed by atoms with Gasteiger partial charge in [-0.25, -0.2) is 4.79 Å². The van der Waals surface area contributed by atoms with E-state index in [4.69, 9.17) is 5.11 Å². The minimum absolute atomic E-state index is 0.123. The maximum Gasteiger partial charge on any atom is 0.355 e. The van der Waals surface area contributed by atoms with Gasteiger partial charge < -0.3 is 5.11 Å². The van der Waals surface area contributed by atoms with E-state index < -0.39 is 5.97 Å². The van der Waals surface area contributed by atoms with Gasteiger partial charge in [-0.15, -0.1) is 0 Å². The molecule has 1 N–H and O–H groups in total. The number of nitrogens with zero attached hydrogens (tertiary/aromatic N) is 2. The molecule has 5 heteroatoms. The number of carboxylic acids is 1. The first kappa shape index (κ1) is 11.5. The Morgan fingerprint density at radius 2 is 2.00 bits per heavy atom. The van der Waals surface area contributed by atoms with Gasteiger partial charge in [0, 0.05) is 12.5 Å². The second-order valence-electron chi connectivity index (χ2n) is 4.19. The van der Waals surface area contributed by atoms with Crippen LogP contribution >= 0.6 is 22.6 Å². The summed E-state index contributed by atoms with van der Waals surface area (Å²) >= 11 is 2.04. The molecule has 78 valence electrons. The third-order valence-electron chi connectivity index (χ3n) is 1.90. The molecule has 4 nitrogen and oxygen atoms in total. The molecule has 1 heterocycles. The van der Waals surface area contributed by atoms with Crippen molar-refractivity contribution in [3.8, 4) is 0 Å².